The van der Waals surface area contributed by atoms with Gasteiger partial charge in [-0.2, -0.15) is 0 Å². The quantitative estimate of drug-likeness (QED) is 0.832. The number of benzene rings is 2. The molecule has 2 aromatic rings. The molecule has 0 aliphatic carbocycles. The van der Waals surface area contributed by atoms with Crippen LogP contribution in [0.3, 0.4) is 0 Å². The monoisotopic (exact) mass is 319 g/mol. The Bertz CT molecular complexity index is 669. The van der Waals surface area contributed by atoms with Gasteiger partial charge in [0.15, 0.2) is 6.61 Å². The predicted octanol–water partition coefficient (Wildman–Crippen LogP) is 2.48. The number of carbonyl (C=O) groups excluding carboxylic acids is 2. The van der Waals surface area contributed by atoms with E-state index in [2.05, 4.69) is 5.32 Å². The van der Waals surface area contributed by atoms with Gasteiger partial charge in [0.05, 0.1) is 5.56 Å². The van der Waals surface area contributed by atoms with Crippen molar-refractivity contribution in [2.75, 3.05) is 13.2 Å². The van der Waals surface area contributed by atoms with Crippen molar-refractivity contribution in [2.45, 2.75) is 6.42 Å². The summed E-state index contributed by atoms with van der Waals surface area (Å²) in [5, 5.41) is 2.59. The number of esters is 1. The molecule has 2 aromatic carbocycles. The Kier molecular flexibility index (Phi) is 5.80. The molecule has 23 heavy (non-hydrogen) atoms. The number of ether oxygens (including phenoxy) is 1. The molecule has 4 nitrogen and oxygen atoms in total. The van der Waals surface area contributed by atoms with Crippen molar-refractivity contribution in [3.8, 4) is 0 Å². The molecular formula is C17H15F2NO3. The van der Waals surface area contributed by atoms with E-state index in [0.29, 0.717) is 13.0 Å². The van der Waals surface area contributed by atoms with E-state index in [1.165, 1.54) is 24.3 Å². The lowest BCUT2D eigenvalue weighted by Gasteiger charge is -2.07. The topological polar surface area (TPSA) is 55.4 Å². The fourth-order valence-corrected chi connectivity index (χ4v) is 1.85. The van der Waals surface area contributed by atoms with Crippen LogP contribution in [-0.4, -0.2) is 25.0 Å². The minimum atomic E-state index is -0.696. The van der Waals surface area contributed by atoms with Gasteiger partial charge >= 0.3 is 5.97 Å². The summed E-state index contributed by atoms with van der Waals surface area (Å²) in [5.74, 6) is -1.91. The molecule has 0 unspecified atom stereocenters. The molecular weight excluding hydrogens is 304 g/mol. The van der Waals surface area contributed by atoms with Crippen molar-refractivity contribution in [3.63, 3.8) is 0 Å². The summed E-state index contributed by atoms with van der Waals surface area (Å²) < 4.78 is 30.3. The Labute approximate surface area is 132 Å². The van der Waals surface area contributed by atoms with Crippen LogP contribution in [-0.2, 0) is 16.0 Å². The van der Waals surface area contributed by atoms with Crippen molar-refractivity contribution in [3.05, 3.63) is 71.3 Å². The number of hydrogen-bond acceptors (Lipinski definition) is 3. The molecule has 0 aromatic heterocycles. The Morgan fingerprint density at radius 2 is 1.48 bits per heavy atom. The van der Waals surface area contributed by atoms with E-state index in [1.54, 1.807) is 12.1 Å². The van der Waals surface area contributed by atoms with Gasteiger partial charge in [-0.05, 0) is 48.4 Å². The maximum absolute atomic E-state index is 12.7. The molecule has 120 valence electrons. The molecule has 0 fully saturated rings. The second-order valence-corrected chi connectivity index (χ2v) is 4.81. The number of rotatable bonds is 6. The summed E-state index contributed by atoms with van der Waals surface area (Å²) in [6, 6.07) is 10.8. The van der Waals surface area contributed by atoms with Gasteiger partial charge in [-0.3, -0.25) is 4.79 Å². The standard InChI is InChI=1S/C17H15F2NO3/c18-14-5-1-12(2-6-14)9-10-20-16(21)11-23-17(22)13-3-7-15(19)8-4-13/h1-8H,9-11H2,(H,20,21). The zero-order valence-electron chi connectivity index (χ0n) is 12.2. The zero-order chi connectivity index (χ0) is 16.7. The third-order valence-electron chi connectivity index (χ3n) is 3.06. The van der Waals surface area contributed by atoms with Crippen molar-refractivity contribution in [1.82, 2.24) is 5.32 Å². The molecule has 0 saturated heterocycles. The van der Waals surface area contributed by atoms with Crippen LogP contribution in [0.5, 0.6) is 0 Å². The van der Waals surface area contributed by atoms with E-state index in [1.807, 2.05) is 0 Å². The van der Waals surface area contributed by atoms with E-state index < -0.39 is 24.3 Å². The van der Waals surface area contributed by atoms with Crippen LogP contribution in [0, 0.1) is 11.6 Å². The van der Waals surface area contributed by atoms with Gasteiger partial charge in [-0.25, -0.2) is 13.6 Å². The molecule has 2 rings (SSSR count). The van der Waals surface area contributed by atoms with Crippen molar-refractivity contribution in [1.29, 1.82) is 0 Å². The second kappa shape index (κ2) is 8.03. The minimum Gasteiger partial charge on any atom is -0.452 e. The van der Waals surface area contributed by atoms with Crippen molar-refractivity contribution >= 4 is 11.9 Å². The van der Waals surface area contributed by atoms with Gasteiger partial charge in [0, 0.05) is 6.54 Å². The first-order valence-corrected chi connectivity index (χ1v) is 6.98. The van der Waals surface area contributed by atoms with Gasteiger partial charge in [0.1, 0.15) is 11.6 Å². The van der Waals surface area contributed by atoms with Crippen LogP contribution in [0.25, 0.3) is 0 Å². The number of nitrogens with one attached hydrogen (secondary N) is 1. The van der Waals surface area contributed by atoms with Gasteiger partial charge in [-0.1, -0.05) is 12.1 Å². The summed E-state index contributed by atoms with van der Waals surface area (Å²) in [4.78, 5) is 23.2. The Morgan fingerprint density at radius 1 is 0.913 bits per heavy atom. The van der Waals surface area contributed by atoms with Gasteiger partial charge in [-0.15, -0.1) is 0 Å². The lowest BCUT2D eigenvalue weighted by Crippen LogP contribution is -2.30. The molecule has 0 heterocycles. The molecule has 1 amide bonds. The summed E-state index contributed by atoms with van der Waals surface area (Å²) in [5.41, 5.74) is 1.06. The molecule has 6 heteroatoms. The fraction of sp³-hybridized carbons (Fsp3) is 0.176. The number of hydrogen-bond donors (Lipinski definition) is 1. The minimum absolute atomic E-state index is 0.172. The highest BCUT2D eigenvalue weighted by Crippen LogP contribution is 2.05. The first-order chi connectivity index (χ1) is 11.0. The highest BCUT2D eigenvalue weighted by Gasteiger charge is 2.10. The molecule has 0 aliphatic rings. The summed E-state index contributed by atoms with van der Waals surface area (Å²) in [6.45, 7) is -0.0712. The first-order valence-electron chi connectivity index (χ1n) is 6.98. The number of halogens is 2. The van der Waals surface area contributed by atoms with Crippen LogP contribution >= 0.6 is 0 Å². The van der Waals surface area contributed by atoms with Crippen molar-refractivity contribution < 1.29 is 23.1 Å². The summed E-state index contributed by atoms with van der Waals surface area (Å²) >= 11 is 0. The average molecular weight is 319 g/mol. The maximum atomic E-state index is 12.7. The highest BCUT2D eigenvalue weighted by atomic mass is 19.1. The average Bonchev–Trinajstić information content (AvgIpc) is 2.55. The van der Waals surface area contributed by atoms with Gasteiger partial charge in [0.2, 0.25) is 0 Å². The second-order valence-electron chi connectivity index (χ2n) is 4.81. The molecule has 0 bridgehead atoms. The lowest BCUT2D eigenvalue weighted by atomic mass is 10.1. The number of carbonyl (C=O) groups is 2. The summed E-state index contributed by atoms with van der Waals surface area (Å²) in [6.07, 6.45) is 0.540. The Balaban J connectivity index is 1.69. The summed E-state index contributed by atoms with van der Waals surface area (Å²) in [7, 11) is 0. The third kappa shape index (κ3) is 5.50. The van der Waals surface area contributed by atoms with Crippen LogP contribution in [0.2, 0.25) is 0 Å². The van der Waals surface area contributed by atoms with E-state index in [4.69, 9.17) is 4.74 Å². The highest BCUT2D eigenvalue weighted by molar-refractivity contribution is 5.91. The fourth-order valence-electron chi connectivity index (χ4n) is 1.85. The molecule has 0 spiro atoms. The third-order valence-corrected chi connectivity index (χ3v) is 3.06. The van der Waals surface area contributed by atoms with Crippen molar-refractivity contribution in [2.24, 2.45) is 0 Å². The van der Waals surface area contributed by atoms with Gasteiger partial charge in [0.25, 0.3) is 5.91 Å². The Morgan fingerprint density at radius 3 is 2.09 bits per heavy atom. The van der Waals surface area contributed by atoms with E-state index in [9.17, 15) is 18.4 Å². The van der Waals surface area contributed by atoms with E-state index >= 15 is 0 Å². The van der Waals surface area contributed by atoms with Gasteiger partial charge < -0.3 is 10.1 Å². The number of amides is 1. The molecule has 0 atom stereocenters. The predicted molar refractivity (Wildman–Crippen MR) is 79.8 cm³/mol. The molecule has 0 saturated carbocycles. The smallest absolute Gasteiger partial charge is 0.338 e. The normalized spacial score (nSPS) is 10.2. The maximum Gasteiger partial charge on any atom is 0.338 e. The van der Waals surface area contributed by atoms with Crippen LogP contribution in [0.1, 0.15) is 15.9 Å². The van der Waals surface area contributed by atoms with Crippen LogP contribution in [0.4, 0.5) is 8.78 Å². The lowest BCUT2D eigenvalue weighted by molar-refractivity contribution is -0.124. The zero-order valence-corrected chi connectivity index (χ0v) is 12.2. The molecule has 1 N–H and O–H groups in total. The molecule has 0 radical (unpaired) electrons. The van der Waals surface area contributed by atoms with E-state index in [-0.39, 0.29) is 11.4 Å². The largest absolute Gasteiger partial charge is 0.452 e. The van der Waals surface area contributed by atoms with Crippen LogP contribution in [0.15, 0.2) is 48.5 Å². The van der Waals surface area contributed by atoms with E-state index in [0.717, 1.165) is 17.7 Å². The first kappa shape index (κ1) is 16.6. The SMILES string of the molecule is O=C(COC(=O)c1ccc(F)cc1)NCCc1ccc(F)cc1. The Hall–Kier alpha value is -2.76. The molecule has 0 aliphatic heterocycles. The van der Waals surface area contributed by atoms with Crippen LogP contribution < -0.4 is 5.32 Å².